The highest BCUT2D eigenvalue weighted by atomic mass is 32.3. The molecule has 3 aromatic carbocycles. The average molecular weight is 519 g/mol. The Kier molecular flexibility index (Phi) is 7.45. The van der Waals surface area contributed by atoms with Crippen LogP contribution in [0.1, 0.15) is 25.0 Å². The summed E-state index contributed by atoms with van der Waals surface area (Å²) in [5.41, 5.74) is 1.74. The molecule has 0 fully saturated rings. The van der Waals surface area contributed by atoms with Gasteiger partial charge < -0.3 is 0 Å². The highest BCUT2D eigenvalue weighted by molar-refractivity contribution is 8.33. The lowest BCUT2D eigenvalue weighted by Crippen LogP contribution is -2.22. The van der Waals surface area contributed by atoms with Crippen LogP contribution in [0.15, 0.2) is 63.2 Å². The molecule has 0 aliphatic heterocycles. The molecule has 0 saturated carbocycles. The highest BCUT2D eigenvalue weighted by Crippen LogP contribution is 2.66. The van der Waals surface area contributed by atoms with Gasteiger partial charge in [-0.25, -0.2) is 25.6 Å². The molecule has 0 heterocycles. The summed E-state index contributed by atoms with van der Waals surface area (Å²) in [6, 6.07) is 13.4. The van der Waals surface area contributed by atoms with Crippen LogP contribution < -0.4 is 0 Å². The van der Waals surface area contributed by atoms with Gasteiger partial charge in [0.15, 0.2) is 28.2 Å². The Bertz CT molecular complexity index is 1230. The van der Waals surface area contributed by atoms with Crippen molar-refractivity contribution in [2.45, 2.75) is 42.4 Å². The SMILES string of the molecule is Cc1ccc(S(CC(C)C)(OS(=O)(=O)c2c(F)c(F)c(F)c(F)c2F)c2ccc(C)cc2)cc1. The van der Waals surface area contributed by atoms with Crippen LogP contribution in [0, 0.1) is 48.9 Å². The maximum absolute atomic E-state index is 14.5. The molecule has 34 heavy (non-hydrogen) atoms. The van der Waals surface area contributed by atoms with Crippen LogP contribution in [0.25, 0.3) is 0 Å². The third kappa shape index (κ3) is 4.85. The third-order valence-corrected chi connectivity index (χ3v) is 10.7. The molecule has 0 unspecified atom stereocenters. The van der Waals surface area contributed by atoms with Crippen LogP contribution in [-0.2, 0) is 13.7 Å². The van der Waals surface area contributed by atoms with E-state index < -0.39 is 54.4 Å². The molecule has 3 nitrogen and oxygen atoms in total. The first-order chi connectivity index (χ1) is 15.8. The van der Waals surface area contributed by atoms with Gasteiger partial charge >= 0.3 is 10.1 Å². The second-order valence-electron chi connectivity index (χ2n) is 8.28. The van der Waals surface area contributed by atoms with Gasteiger partial charge in [0.1, 0.15) is 0 Å². The molecule has 3 aromatic rings. The lowest BCUT2D eigenvalue weighted by Gasteiger charge is -2.40. The van der Waals surface area contributed by atoms with Crippen LogP contribution in [0.3, 0.4) is 0 Å². The van der Waals surface area contributed by atoms with Crippen molar-refractivity contribution in [3.05, 3.63) is 88.7 Å². The zero-order valence-corrected chi connectivity index (χ0v) is 20.5. The molecule has 0 aliphatic carbocycles. The van der Waals surface area contributed by atoms with E-state index in [0.717, 1.165) is 11.1 Å². The summed E-state index contributed by atoms with van der Waals surface area (Å²) in [6.45, 7) is 7.25. The minimum atomic E-state index is -5.46. The van der Waals surface area contributed by atoms with Crippen LogP contribution in [0.2, 0.25) is 0 Å². The first-order valence-electron chi connectivity index (χ1n) is 10.2. The molecule has 0 radical (unpaired) electrons. The van der Waals surface area contributed by atoms with Gasteiger partial charge in [0.2, 0.25) is 5.82 Å². The van der Waals surface area contributed by atoms with Crippen molar-refractivity contribution in [3.8, 4) is 0 Å². The minimum absolute atomic E-state index is 0.105. The van der Waals surface area contributed by atoms with Gasteiger partial charge in [-0.15, -0.1) is 0 Å². The molecule has 10 heteroatoms. The van der Waals surface area contributed by atoms with Gasteiger partial charge in [0, 0.05) is 15.5 Å². The van der Waals surface area contributed by atoms with E-state index in [4.69, 9.17) is 3.63 Å². The first-order valence-corrected chi connectivity index (χ1v) is 13.4. The van der Waals surface area contributed by atoms with E-state index in [9.17, 15) is 30.4 Å². The minimum Gasteiger partial charge on any atom is -0.207 e. The molecule has 0 N–H and O–H groups in total. The number of rotatable bonds is 7. The molecule has 0 aliphatic rings. The molecular weight excluding hydrogens is 495 g/mol. The summed E-state index contributed by atoms with van der Waals surface area (Å²) >= 11 is 0. The zero-order valence-electron chi connectivity index (χ0n) is 18.8. The van der Waals surface area contributed by atoms with Gasteiger partial charge in [0.25, 0.3) is 0 Å². The van der Waals surface area contributed by atoms with E-state index in [-0.39, 0.29) is 11.7 Å². The maximum Gasteiger partial charge on any atom is 0.312 e. The van der Waals surface area contributed by atoms with Gasteiger partial charge in [-0.05, 0) is 44.0 Å². The Labute approximate surface area is 197 Å². The second-order valence-corrected chi connectivity index (χ2v) is 12.8. The van der Waals surface area contributed by atoms with Crippen molar-refractivity contribution >= 4 is 20.4 Å². The fourth-order valence-electron chi connectivity index (χ4n) is 3.41. The Hall–Kier alpha value is -2.43. The third-order valence-electron chi connectivity index (χ3n) is 5.00. The average Bonchev–Trinajstić information content (AvgIpc) is 2.76. The molecule has 3 rings (SSSR count). The van der Waals surface area contributed by atoms with Crippen LogP contribution in [0.5, 0.6) is 0 Å². The lowest BCUT2D eigenvalue weighted by atomic mass is 10.2. The fourth-order valence-corrected chi connectivity index (χ4v) is 9.12. The molecule has 0 bridgehead atoms. The van der Waals surface area contributed by atoms with Crippen LogP contribution >= 0.6 is 10.3 Å². The predicted molar refractivity (Wildman–Crippen MR) is 121 cm³/mol. The largest absolute Gasteiger partial charge is 0.312 e. The van der Waals surface area contributed by atoms with Crippen molar-refractivity contribution in [1.82, 2.24) is 0 Å². The van der Waals surface area contributed by atoms with Gasteiger partial charge in [-0.3, -0.25) is 0 Å². The summed E-state index contributed by atoms with van der Waals surface area (Å²) in [4.78, 5) is -1.17. The summed E-state index contributed by atoms with van der Waals surface area (Å²) < 4.78 is 102. The fraction of sp³-hybridized carbons (Fsp3) is 0.250. The Balaban J connectivity index is 2.33. The maximum atomic E-state index is 14.5. The van der Waals surface area contributed by atoms with Gasteiger partial charge in [-0.2, -0.15) is 8.42 Å². The molecule has 0 aromatic heterocycles. The standard InChI is InChI=1S/C24H23F5O3S2/c1-14(2)13-33(17-9-5-15(3)6-10-17,18-11-7-16(4)8-12-18)32-34(30,31)24-22(28)20(26)19(25)21(27)23(24)29/h5-12,14H,13H2,1-4H3. The van der Waals surface area contributed by atoms with Crippen LogP contribution in [0.4, 0.5) is 22.0 Å². The van der Waals surface area contributed by atoms with E-state index in [0.29, 0.717) is 9.79 Å². The van der Waals surface area contributed by atoms with Crippen molar-refractivity contribution in [2.24, 2.45) is 5.92 Å². The van der Waals surface area contributed by atoms with E-state index in [2.05, 4.69) is 0 Å². The van der Waals surface area contributed by atoms with Crippen molar-refractivity contribution in [1.29, 1.82) is 0 Å². The van der Waals surface area contributed by atoms with E-state index in [1.54, 1.807) is 62.4 Å². The quantitative estimate of drug-likeness (QED) is 0.189. The molecule has 0 saturated heterocycles. The predicted octanol–water partition coefficient (Wildman–Crippen LogP) is 7.20. The number of hydrogen-bond donors (Lipinski definition) is 0. The second kappa shape index (κ2) is 9.67. The number of hydrogen-bond acceptors (Lipinski definition) is 3. The monoisotopic (exact) mass is 518 g/mol. The first kappa shape index (κ1) is 26.2. The number of aryl methyl sites for hydroxylation is 2. The summed E-state index contributed by atoms with van der Waals surface area (Å²) in [6.07, 6.45) is 0. The number of halogens is 5. The molecule has 0 atom stereocenters. The highest BCUT2D eigenvalue weighted by Gasteiger charge is 2.41. The van der Waals surface area contributed by atoms with Crippen LogP contribution in [-0.4, -0.2) is 14.2 Å². The molecular formula is C24H23F5O3S2. The van der Waals surface area contributed by atoms with Crippen molar-refractivity contribution in [2.75, 3.05) is 5.75 Å². The Morgan fingerprint density at radius 1 is 0.676 bits per heavy atom. The normalized spacial score (nSPS) is 12.9. The summed E-state index contributed by atoms with van der Waals surface area (Å²) in [5.74, 6) is -12.2. The zero-order chi connectivity index (χ0) is 25.4. The van der Waals surface area contributed by atoms with Crippen molar-refractivity contribution < 1.29 is 34.0 Å². The molecule has 0 spiro atoms. The summed E-state index contributed by atoms with van der Waals surface area (Å²) in [5, 5.41) is 0. The van der Waals surface area contributed by atoms with Gasteiger partial charge in [-0.1, -0.05) is 59.5 Å². The topological polar surface area (TPSA) is 43.4 Å². The van der Waals surface area contributed by atoms with E-state index in [1.807, 2.05) is 13.8 Å². The van der Waals surface area contributed by atoms with Gasteiger partial charge in [0.05, 0.1) is 0 Å². The molecule has 184 valence electrons. The number of benzene rings is 3. The van der Waals surface area contributed by atoms with Crippen molar-refractivity contribution in [3.63, 3.8) is 0 Å². The smallest absolute Gasteiger partial charge is 0.207 e. The van der Waals surface area contributed by atoms with E-state index in [1.165, 1.54) is 0 Å². The Morgan fingerprint density at radius 2 is 1.03 bits per heavy atom. The van der Waals surface area contributed by atoms with E-state index >= 15 is 0 Å². The molecule has 0 amide bonds. The summed E-state index contributed by atoms with van der Waals surface area (Å²) in [7, 11) is -8.48. The Morgan fingerprint density at radius 3 is 1.38 bits per heavy atom. The lowest BCUT2D eigenvalue weighted by molar-refractivity contribution is 0.353.